The highest BCUT2D eigenvalue weighted by Gasteiger charge is 2.19. The number of nitrogen functional groups attached to an aromatic ring is 1. The van der Waals surface area contributed by atoms with E-state index in [-0.39, 0.29) is 5.91 Å². The standard InChI is InChI=1S/C16H21N3O/c17-12-6-7-13-14(11-18-15(13)10-12)16(20)19-8-4-2-1-3-5-9-19/h6-7,10-11,18H,1-5,8-9,17H2. The molecule has 0 aliphatic carbocycles. The first-order valence-corrected chi connectivity index (χ1v) is 7.41. The van der Waals surface area contributed by atoms with E-state index >= 15 is 0 Å². The average molecular weight is 271 g/mol. The fraction of sp³-hybridized carbons (Fsp3) is 0.438. The summed E-state index contributed by atoms with van der Waals surface area (Å²) < 4.78 is 0. The van der Waals surface area contributed by atoms with Crippen molar-refractivity contribution in [2.75, 3.05) is 18.8 Å². The number of nitrogens with two attached hydrogens (primary N) is 1. The Balaban J connectivity index is 1.87. The van der Waals surface area contributed by atoms with E-state index in [1.165, 1.54) is 19.3 Å². The lowest BCUT2D eigenvalue weighted by molar-refractivity contribution is 0.0744. The van der Waals surface area contributed by atoms with Gasteiger partial charge in [0.1, 0.15) is 0 Å². The summed E-state index contributed by atoms with van der Waals surface area (Å²) in [6.07, 6.45) is 7.80. The number of carbonyl (C=O) groups is 1. The Labute approximate surface area is 118 Å². The van der Waals surface area contributed by atoms with Crippen molar-refractivity contribution in [1.29, 1.82) is 0 Å². The number of fused-ring (bicyclic) bond motifs is 1. The maximum Gasteiger partial charge on any atom is 0.256 e. The molecule has 4 heteroatoms. The van der Waals surface area contributed by atoms with Crippen molar-refractivity contribution < 1.29 is 4.79 Å². The SMILES string of the molecule is Nc1ccc2c(C(=O)N3CCCCCCC3)c[nH]c2c1. The summed E-state index contributed by atoms with van der Waals surface area (Å²) in [6.45, 7) is 1.75. The maximum absolute atomic E-state index is 12.7. The molecule has 0 unspecified atom stereocenters. The van der Waals surface area contributed by atoms with Crippen LogP contribution in [0.5, 0.6) is 0 Å². The third-order valence-corrected chi connectivity index (χ3v) is 4.08. The lowest BCUT2D eigenvalue weighted by Gasteiger charge is -2.24. The maximum atomic E-state index is 12.7. The number of aromatic nitrogens is 1. The first-order valence-electron chi connectivity index (χ1n) is 7.41. The summed E-state index contributed by atoms with van der Waals surface area (Å²) in [5.74, 6) is 0.142. The molecule has 20 heavy (non-hydrogen) atoms. The Morgan fingerprint density at radius 3 is 2.55 bits per heavy atom. The van der Waals surface area contributed by atoms with Gasteiger partial charge in [0.25, 0.3) is 5.91 Å². The van der Waals surface area contributed by atoms with Crippen molar-refractivity contribution in [2.24, 2.45) is 0 Å². The number of rotatable bonds is 1. The molecule has 0 radical (unpaired) electrons. The van der Waals surface area contributed by atoms with Crippen LogP contribution < -0.4 is 5.73 Å². The zero-order chi connectivity index (χ0) is 13.9. The fourth-order valence-corrected chi connectivity index (χ4v) is 2.94. The molecule has 1 amide bonds. The minimum Gasteiger partial charge on any atom is -0.399 e. The molecule has 1 aliphatic rings. The van der Waals surface area contributed by atoms with Gasteiger partial charge in [-0.3, -0.25) is 4.79 Å². The zero-order valence-corrected chi connectivity index (χ0v) is 11.7. The van der Waals surface area contributed by atoms with Crippen LogP contribution in [0.15, 0.2) is 24.4 Å². The van der Waals surface area contributed by atoms with Crippen molar-refractivity contribution in [3.8, 4) is 0 Å². The molecule has 2 aromatic rings. The lowest BCUT2D eigenvalue weighted by atomic mass is 10.1. The van der Waals surface area contributed by atoms with E-state index in [1.54, 1.807) is 0 Å². The Morgan fingerprint density at radius 2 is 1.80 bits per heavy atom. The van der Waals surface area contributed by atoms with Gasteiger partial charge in [-0.05, 0) is 31.0 Å². The van der Waals surface area contributed by atoms with Gasteiger partial charge >= 0.3 is 0 Å². The molecule has 0 spiro atoms. The third-order valence-electron chi connectivity index (χ3n) is 4.08. The molecule has 1 aromatic heterocycles. The Hall–Kier alpha value is -1.97. The largest absolute Gasteiger partial charge is 0.399 e. The second-order valence-corrected chi connectivity index (χ2v) is 5.57. The predicted octanol–water partition coefficient (Wildman–Crippen LogP) is 3.16. The molecule has 1 aliphatic heterocycles. The number of hydrogen-bond donors (Lipinski definition) is 2. The van der Waals surface area contributed by atoms with Gasteiger partial charge in [-0.15, -0.1) is 0 Å². The number of likely N-dealkylation sites (tertiary alicyclic amines) is 1. The van der Waals surface area contributed by atoms with Crippen LogP contribution in [0, 0.1) is 0 Å². The van der Waals surface area contributed by atoms with Gasteiger partial charge < -0.3 is 15.6 Å². The molecular formula is C16H21N3O. The number of carbonyl (C=O) groups excluding carboxylic acids is 1. The summed E-state index contributed by atoms with van der Waals surface area (Å²) in [5.41, 5.74) is 8.18. The molecule has 1 fully saturated rings. The Morgan fingerprint density at radius 1 is 1.10 bits per heavy atom. The van der Waals surface area contributed by atoms with Gasteiger partial charge in [0.2, 0.25) is 0 Å². The summed E-state index contributed by atoms with van der Waals surface area (Å²) in [5, 5.41) is 0.964. The molecule has 0 bridgehead atoms. The van der Waals surface area contributed by atoms with E-state index in [0.29, 0.717) is 5.69 Å². The molecule has 4 nitrogen and oxygen atoms in total. The van der Waals surface area contributed by atoms with Crippen LogP contribution in [-0.2, 0) is 0 Å². The van der Waals surface area contributed by atoms with Crippen LogP contribution in [0.4, 0.5) is 5.69 Å². The van der Waals surface area contributed by atoms with Gasteiger partial charge in [0, 0.05) is 35.9 Å². The molecule has 0 atom stereocenters. The van der Waals surface area contributed by atoms with Crippen molar-refractivity contribution >= 4 is 22.5 Å². The van der Waals surface area contributed by atoms with E-state index in [4.69, 9.17) is 5.73 Å². The van der Waals surface area contributed by atoms with Crippen molar-refractivity contribution in [3.05, 3.63) is 30.0 Å². The summed E-state index contributed by atoms with van der Waals surface area (Å²) >= 11 is 0. The summed E-state index contributed by atoms with van der Waals surface area (Å²) in [7, 11) is 0. The number of hydrogen-bond acceptors (Lipinski definition) is 2. The minimum absolute atomic E-state index is 0.142. The van der Waals surface area contributed by atoms with Gasteiger partial charge in [0.05, 0.1) is 5.56 Å². The van der Waals surface area contributed by atoms with Crippen LogP contribution in [-0.4, -0.2) is 28.9 Å². The number of aromatic amines is 1. The number of anilines is 1. The molecule has 3 rings (SSSR count). The van der Waals surface area contributed by atoms with E-state index < -0.39 is 0 Å². The average Bonchev–Trinajstić information content (AvgIpc) is 2.80. The van der Waals surface area contributed by atoms with Crippen molar-refractivity contribution in [3.63, 3.8) is 0 Å². The highest BCUT2D eigenvalue weighted by atomic mass is 16.2. The van der Waals surface area contributed by atoms with E-state index in [0.717, 1.165) is 42.4 Å². The summed E-state index contributed by atoms with van der Waals surface area (Å²) in [4.78, 5) is 17.8. The molecular weight excluding hydrogens is 250 g/mol. The third kappa shape index (κ3) is 2.50. The first-order chi connectivity index (χ1) is 9.75. The number of H-pyrrole nitrogens is 1. The van der Waals surface area contributed by atoms with Crippen LogP contribution >= 0.6 is 0 Å². The highest BCUT2D eigenvalue weighted by molar-refractivity contribution is 6.07. The second kappa shape index (κ2) is 5.57. The zero-order valence-electron chi connectivity index (χ0n) is 11.7. The quantitative estimate of drug-likeness (QED) is 0.783. The van der Waals surface area contributed by atoms with Crippen molar-refractivity contribution in [1.82, 2.24) is 9.88 Å². The normalized spacial score (nSPS) is 16.9. The topological polar surface area (TPSA) is 62.1 Å². The van der Waals surface area contributed by atoms with Crippen LogP contribution in [0.1, 0.15) is 42.5 Å². The first kappa shape index (κ1) is 13.0. The molecule has 2 heterocycles. The van der Waals surface area contributed by atoms with Crippen LogP contribution in [0.25, 0.3) is 10.9 Å². The number of amides is 1. The second-order valence-electron chi connectivity index (χ2n) is 5.57. The number of nitrogens with zero attached hydrogens (tertiary/aromatic N) is 1. The summed E-state index contributed by atoms with van der Waals surface area (Å²) in [6, 6.07) is 5.65. The molecule has 3 N–H and O–H groups in total. The van der Waals surface area contributed by atoms with Gasteiger partial charge in [0.15, 0.2) is 0 Å². The van der Waals surface area contributed by atoms with E-state index in [1.807, 2.05) is 29.3 Å². The molecule has 1 saturated heterocycles. The predicted molar refractivity (Wildman–Crippen MR) is 81.7 cm³/mol. The molecule has 0 saturated carbocycles. The van der Waals surface area contributed by atoms with Gasteiger partial charge in [-0.25, -0.2) is 0 Å². The fourth-order valence-electron chi connectivity index (χ4n) is 2.94. The Bertz CT molecular complexity index is 609. The smallest absolute Gasteiger partial charge is 0.256 e. The van der Waals surface area contributed by atoms with Gasteiger partial charge in [-0.1, -0.05) is 19.3 Å². The monoisotopic (exact) mass is 271 g/mol. The molecule has 1 aromatic carbocycles. The number of nitrogens with one attached hydrogen (secondary N) is 1. The Kier molecular flexibility index (Phi) is 3.63. The van der Waals surface area contributed by atoms with Crippen LogP contribution in [0.2, 0.25) is 0 Å². The van der Waals surface area contributed by atoms with E-state index in [2.05, 4.69) is 4.98 Å². The van der Waals surface area contributed by atoms with Gasteiger partial charge in [-0.2, -0.15) is 0 Å². The lowest BCUT2D eigenvalue weighted by Crippen LogP contribution is -2.33. The minimum atomic E-state index is 0.142. The van der Waals surface area contributed by atoms with Crippen LogP contribution in [0.3, 0.4) is 0 Å². The van der Waals surface area contributed by atoms with Crippen molar-refractivity contribution in [2.45, 2.75) is 32.1 Å². The molecule has 106 valence electrons. The number of benzene rings is 1. The highest BCUT2D eigenvalue weighted by Crippen LogP contribution is 2.23. The van der Waals surface area contributed by atoms with E-state index in [9.17, 15) is 4.79 Å².